The van der Waals surface area contributed by atoms with Crippen LogP contribution in [0, 0.1) is 12.7 Å². The zero-order valence-corrected chi connectivity index (χ0v) is 17.7. The summed E-state index contributed by atoms with van der Waals surface area (Å²) in [5.41, 5.74) is 2.81. The monoisotopic (exact) mass is 414 g/mol. The number of aliphatic hydroxyl groups excluding tert-OH is 1. The van der Waals surface area contributed by atoms with E-state index in [2.05, 4.69) is 10.2 Å². The maximum Gasteiger partial charge on any atom is 0.220 e. The molecule has 1 heterocycles. The lowest BCUT2D eigenvalue weighted by Gasteiger charge is -2.34. The van der Waals surface area contributed by atoms with E-state index >= 15 is 0 Å². The van der Waals surface area contributed by atoms with E-state index in [9.17, 15) is 14.3 Å². The molecule has 0 bridgehead atoms. The van der Waals surface area contributed by atoms with E-state index in [1.807, 2.05) is 38.1 Å². The second kappa shape index (κ2) is 10.4. The van der Waals surface area contributed by atoms with Gasteiger partial charge >= 0.3 is 0 Å². The Kier molecular flexibility index (Phi) is 7.69. The Morgan fingerprint density at radius 3 is 2.77 bits per heavy atom. The van der Waals surface area contributed by atoms with Crippen LogP contribution in [0.4, 0.5) is 10.1 Å². The lowest BCUT2D eigenvalue weighted by atomic mass is 10.0. The fourth-order valence-electron chi connectivity index (χ4n) is 3.79. The van der Waals surface area contributed by atoms with Gasteiger partial charge in [-0.15, -0.1) is 0 Å². The van der Waals surface area contributed by atoms with E-state index in [1.165, 1.54) is 12.1 Å². The molecule has 30 heavy (non-hydrogen) atoms. The first-order valence-electron chi connectivity index (χ1n) is 10.6. The molecule has 0 aliphatic carbocycles. The first-order valence-corrected chi connectivity index (χ1v) is 10.6. The highest BCUT2D eigenvalue weighted by Crippen LogP contribution is 2.29. The van der Waals surface area contributed by atoms with Crippen LogP contribution >= 0.6 is 0 Å². The molecule has 1 fully saturated rings. The lowest BCUT2D eigenvalue weighted by Crippen LogP contribution is -2.37. The number of ether oxygens (including phenoxy) is 1. The Morgan fingerprint density at radius 2 is 2.03 bits per heavy atom. The largest absolute Gasteiger partial charge is 0.494 e. The van der Waals surface area contributed by atoms with Gasteiger partial charge in [-0.25, -0.2) is 4.39 Å². The van der Waals surface area contributed by atoms with E-state index in [1.54, 1.807) is 6.07 Å². The van der Waals surface area contributed by atoms with Gasteiger partial charge in [-0.2, -0.15) is 0 Å². The Balaban J connectivity index is 1.52. The normalized spacial score (nSPS) is 15.7. The van der Waals surface area contributed by atoms with Gasteiger partial charge in [0, 0.05) is 30.8 Å². The molecule has 0 saturated carbocycles. The molecule has 0 radical (unpaired) electrons. The van der Waals surface area contributed by atoms with Gasteiger partial charge in [0.2, 0.25) is 5.91 Å². The van der Waals surface area contributed by atoms with Crippen LogP contribution in [0.1, 0.15) is 49.8 Å². The van der Waals surface area contributed by atoms with Crippen LogP contribution in [-0.2, 0) is 4.79 Å². The van der Waals surface area contributed by atoms with Crippen molar-refractivity contribution in [2.24, 2.45) is 0 Å². The number of carbonyl (C=O) groups is 1. The van der Waals surface area contributed by atoms with Gasteiger partial charge < -0.3 is 20.1 Å². The summed E-state index contributed by atoms with van der Waals surface area (Å²) in [6.07, 6.45) is 2.06. The zero-order chi connectivity index (χ0) is 21.5. The van der Waals surface area contributed by atoms with Gasteiger partial charge in [0.15, 0.2) is 0 Å². The number of anilines is 1. The lowest BCUT2D eigenvalue weighted by molar-refractivity contribution is -0.121. The number of rotatable bonds is 8. The summed E-state index contributed by atoms with van der Waals surface area (Å²) < 4.78 is 19.6. The number of hydrogen-bond donors (Lipinski definition) is 2. The summed E-state index contributed by atoms with van der Waals surface area (Å²) in [6.45, 7) is 5.78. The van der Waals surface area contributed by atoms with Gasteiger partial charge in [0.05, 0.1) is 18.8 Å². The van der Waals surface area contributed by atoms with Crippen LogP contribution in [0.2, 0.25) is 0 Å². The number of aliphatic hydroxyl groups is 1. The van der Waals surface area contributed by atoms with Crippen molar-refractivity contribution in [1.82, 2.24) is 5.32 Å². The Bertz CT molecular complexity index is 850. The summed E-state index contributed by atoms with van der Waals surface area (Å²) in [6, 6.07) is 12.2. The molecule has 1 atom stereocenters. The molecular weight excluding hydrogens is 383 g/mol. The van der Waals surface area contributed by atoms with Gasteiger partial charge in [-0.3, -0.25) is 4.79 Å². The summed E-state index contributed by atoms with van der Waals surface area (Å²) in [5, 5.41) is 12.7. The maximum atomic E-state index is 13.9. The Morgan fingerprint density at radius 1 is 1.27 bits per heavy atom. The van der Waals surface area contributed by atoms with Crippen LogP contribution in [0.5, 0.6) is 5.75 Å². The highest BCUT2D eigenvalue weighted by Gasteiger charge is 2.22. The van der Waals surface area contributed by atoms with Crippen molar-refractivity contribution in [1.29, 1.82) is 0 Å². The number of amides is 1. The molecule has 3 rings (SSSR count). The van der Waals surface area contributed by atoms with Crippen LogP contribution in [0.15, 0.2) is 42.5 Å². The van der Waals surface area contributed by atoms with E-state index in [0.29, 0.717) is 32.3 Å². The molecular formula is C24H31FN2O3. The molecule has 0 unspecified atom stereocenters. The summed E-state index contributed by atoms with van der Waals surface area (Å²) >= 11 is 0. The third-order valence-electron chi connectivity index (χ3n) is 5.45. The van der Waals surface area contributed by atoms with Gasteiger partial charge in [-0.1, -0.05) is 12.1 Å². The minimum absolute atomic E-state index is 0.0837. The van der Waals surface area contributed by atoms with Gasteiger partial charge in [0.25, 0.3) is 0 Å². The van der Waals surface area contributed by atoms with E-state index in [-0.39, 0.29) is 23.9 Å². The van der Waals surface area contributed by atoms with Crippen LogP contribution in [0.3, 0.4) is 0 Å². The third kappa shape index (κ3) is 6.20. The Hall–Kier alpha value is -2.60. The predicted molar refractivity (Wildman–Crippen MR) is 116 cm³/mol. The molecule has 2 aromatic rings. The predicted octanol–water partition coefficient (Wildman–Crippen LogP) is 4.13. The van der Waals surface area contributed by atoms with E-state index < -0.39 is 0 Å². The Labute approximate surface area is 177 Å². The third-order valence-corrected chi connectivity index (χ3v) is 5.45. The van der Waals surface area contributed by atoms with Gasteiger partial charge in [0.1, 0.15) is 11.6 Å². The standard InChI is InChI=1S/C24H31FN2O3/c1-17-5-3-6-21(15-17)30-14-4-7-24(29)26-18(2)22-16-19(25)8-9-23(22)27-12-10-20(28)11-13-27/h3,5-6,8-9,15-16,18,20,28H,4,7,10-14H2,1-2H3,(H,26,29)/t18-/m0/s1. The second-order valence-corrected chi connectivity index (χ2v) is 7.98. The molecule has 5 nitrogen and oxygen atoms in total. The maximum absolute atomic E-state index is 13.9. The molecule has 1 aliphatic rings. The summed E-state index contributed by atoms with van der Waals surface area (Å²) in [5.74, 6) is 0.401. The van der Waals surface area contributed by atoms with Crippen LogP contribution in [0.25, 0.3) is 0 Å². The number of piperidine rings is 1. The minimum atomic E-state index is -0.321. The molecule has 0 spiro atoms. The molecule has 6 heteroatoms. The smallest absolute Gasteiger partial charge is 0.220 e. The number of carbonyl (C=O) groups excluding carboxylic acids is 1. The van der Waals surface area contributed by atoms with Crippen LogP contribution in [-0.4, -0.2) is 36.8 Å². The number of benzene rings is 2. The number of halogens is 1. The van der Waals surface area contributed by atoms with Crippen molar-refractivity contribution < 1.29 is 19.0 Å². The number of hydrogen-bond acceptors (Lipinski definition) is 4. The fourth-order valence-corrected chi connectivity index (χ4v) is 3.79. The first kappa shape index (κ1) is 22.1. The van der Waals surface area contributed by atoms with E-state index in [4.69, 9.17) is 4.74 Å². The minimum Gasteiger partial charge on any atom is -0.494 e. The van der Waals surface area contributed by atoms with Crippen LogP contribution < -0.4 is 15.0 Å². The first-order chi connectivity index (χ1) is 14.4. The highest BCUT2D eigenvalue weighted by atomic mass is 19.1. The van der Waals surface area contributed by atoms with Crippen molar-refractivity contribution in [2.45, 2.75) is 51.7 Å². The summed E-state index contributed by atoms with van der Waals surface area (Å²) in [4.78, 5) is 14.6. The average Bonchev–Trinajstić information content (AvgIpc) is 2.72. The molecule has 1 saturated heterocycles. The molecule has 1 aliphatic heterocycles. The molecule has 162 valence electrons. The molecule has 2 aromatic carbocycles. The van der Waals surface area contributed by atoms with Crippen molar-refractivity contribution in [3.63, 3.8) is 0 Å². The summed E-state index contributed by atoms with van der Waals surface area (Å²) in [7, 11) is 0. The van der Waals surface area contributed by atoms with Crippen molar-refractivity contribution in [3.8, 4) is 5.75 Å². The van der Waals surface area contributed by atoms with Gasteiger partial charge in [-0.05, 0) is 69.0 Å². The number of aryl methyl sites for hydroxylation is 1. The molecule has 0 aromatic heterocycles. The van der Waals surface area contributed by atoms with Crippen molar-refractivity contribution >= 4 is 11.6 Å². The molecule has 1 amide bonds. The SMILES string of the molecule is Cc1cccc(OCCCC(=O)N[C@@H](C)c2cc(F)ccc2N2CCC(O)CC2)c1. The zero-order valence-electron chi connectivity index (χ0n) is 17.7. The number of nitrogens with one attached hydrogen (secondary N) is 1. The second-order valence-electron chi connectivity index (χ2n) is 7.98. The van der Waals surface area contributed by atoms with E-state index in [0.717, 1.165) is 35.7 Å². The molecule has 2 N–H and O–H groups in total. The van der Waals surface area contributed by atoms with Crippen molar-refractivity contribution in [3.05, 3.63) is 59.4 Å². The topological polar surface area (TPSA) is 61.8 Å². The number of nitrogens with zero attached hydrogens (tertiary/aromatic N) is 1. The quantitative estimate of drug-likeness (QED) is 0.638. The fraction of sp³-hybridized carbons (Fsp3) is 0.458. The van der Waals surface area contributed by atoms with Crippen molar-refractivity contribution in [2.75, 3.05) is 24.6 Å². The average molecular weight is 415 g/mol. The highest BCUT2D eigenvalue weighted by molar-refractivity contribution is 5.76.